The van der Waals surface area contributed by atoms with Crippen molar-refractivity contribution in [2.75, 3.05) is 6.61 Å². The molecule has 1 aliphatic rings. The van der Waals surface area contributed by atoms with Crippen LogP contribution in [0.25, 0.3) is 0 Å². The van der Waals surface area contributed by atoms with Gasteiger partial charge in [-0.05, 0) is 25.7 Å². The van der Waals surface area contributed by atoms with Gasteiger partial charge in [0.05, 0.1) is 18.8 Å². The first-order chi connectivity index (χ1) is 6.55. The van der Waals surface area contributed by atoms with Gasteiger partial charge in [-0.3, -0.25) is 0 Å². The van der Waals surface area contributed by atoms with Crippen molar-refractivity contribution in [2.45, 2.75) is 51.2 Å². The number of nitriles is 1. The lowest BCUT2D eigenvalue weighted by Crippen LogP contribution is -2.42. The summed E-state index contributed by atoms with van der Waals surface area (Å²) in [6.45, 7) is 4.27. The average Bonchev–Trinajstić information content (AvgIpc) is 2.17. The monoisotopic (exact) mass is 196 g/mol. The van der Waals surface area contributed by atoms with Crippen molar-refractivity contribution in [3.8, 4) is 6.07 Å². The van der Waals surface area contributed by atoms with Crippen LogP contribution < -0.4 is 5.73 Å². The largest absolute Gasteiger partial charge is 0.375 e. The second-order valence-corrected chi connectivity index (χ2v) is 4.64. The van der Waals surface area contributed by atoms with Gasteiger partial charge >= 0.3 is 0 Å². The van der Waals surface area contributed by atoms with Crippen molar-refractivity contribution in [3.63, 3.8) is 0 Å². The van der Waals surface area contributed by atoms with Crippen LogP contribution in [0.3, 0.4) is 0 Å². The Morgan fingerprint density at radius 1 is 1.50 bits per heavy atom. The molecule has 3 unspecified atom stereocenters. The van der Waals surface area contributed by atoms with E-state index in [-0.39, 0.29) is 0 Å². The summed E-state index contributed by atoms with van der Waals surface area (Å²) in [7, 11) is 0. The lowest BCUT2D eigenvalue weighted by Gasteiger charge is -2.30. The van der Waals surface area contributed by atoms with Gasteiger partial charge in [-0.15, -0.1) is 0 Å². The first-order valence-corrected chi connectivity index (χ1v) is 5.37. The number of nitrogens with two attached hydrogens (primary N) is 1. The number of rotatable bonds is 3. The number of hydrogen-bond donors (Lipinski definition) is 1. The first-order valence-electron chi connectivity index (χ1n) is 5.37. The van der Waals surface area contributed by atoms with E-state index >= 15 is 0 Å². The first kappa shape index (κ1) is 11.5. The van der Waals surface area contributed by atoms with Crippen molar-refractivity contribution >= 4 is 0 Å². The number of hydrogen-bond acceptors (Lipinski definition) is 3. The van der Waals surface area contributed by atoms with Crippen molar-refractivity contribution in [1.29, 1.82) is 5.26 Å². The predicted molar refractivity (Wildman–Crippen MR) is 55.6 cm³/mol. The molecule has 0 aromatic rings. The van der Waals surface area contributed by atoms with E-state index in [0.29, 0.717) is 18.6 Å². The molecule has 2 N–H and O–H groups in total. The summed E-state index contributed by atoms with van der Waals surface area (Å²) in [6.07, 6.45) is 5.20. The van der Waals surface area contributed by atoms with E-state index in [4.69, 9.17) is 15.7 Å². The van der Waals surface area contributed by atoms with Crippen molar-refractivity contribution in [3.05, 3.63) is 0 Å². The third-order valence-corrected chi connectivity index (χ3v) is 2.89. The van der Waals surface area contributed by atoms with Crippen molar-refractivity contribution in [2.24, 2.45) is 11.7 Å². The highest BCUT2D eigenvalue weighted by Crippen LogP contribution is 2.26. The van der Waals surface area contributed by atoms with Gasteiger partial charge in [-0.25, -0.2) is 0 Å². The van der Waals surface area contributed by atoms with Crippen LogP contribution in [0.1, 0.15) is 39.5 Å². The zero-order chi connectivity index (χ0) is 10.6. The molecule has 0 aromatic carbocycles. The molecular weight excluding hydrogens is 176 g/mol. The smallest absolute Gasteiger partial charge is 0.125 e. The van der Waals surface area contributed by atoms with E-state index in [0.717, 1.165) is 6.42 Å². The van der Waals surface area contributed by atoms with Crippen molar-refractivity contribution < 1.29 is 4.74 Å². The Hall–Kier alpha value is -0.590. The van der Waals surface area contributed by atoms with E-state index in [9.17, 15) is 0 Å². The van der Waals surface area contributed by atoms with Crippen LogP contribution in [0.15, 0.2) is 0 Å². The molecule has 0 amide bonds. The van der Waals surface area contributed by atoms with Gasteiger partial charge in [0.25, 0.3) is 0 Å². The number of ether oxygens (including phenoxy) is 1. The molecule has 3 atom stereocenters. The Bertz CT molecular complexity index is 220. The summed E-state index contributed by atoms with van der Waals surface area (Å²) in [4.78, 5) is 0. The van der Waals surface area contributed by atoms with E-state index < -0.39 is 5.54 Å². The Labute approximate surface area is 86.2 Å². The van der Waals surface area contributed by atoms with E-state index in [1.165, 1.54) is 19.3 Å². The second kappa shape index (κ2) is 4.77. The molecule has 0 radical (unpaired) electrons. The van der Waals surface area contributed by atoms with Crippen LogP contribution in [-0.4, -0.2) is 18.2 Å². The molecule has 0 saturated heterocycles. The van der Waals surface area contributed by atoms with Gasteiger partial charge in [-0.1, -0.05) is 19.8 Å². The second-order valence-electron chi connectivity index (χ2n) is 4.64. The third-order valence-electron chi connectivity index (χ3n) is 2.89. The Morgan fingerprint density at radius 2 is 2.14 bits per heavy atom. The maximum atomic E-state index is 8.73. The minimum absolute atomic E-state index is 0.306. The summed E-state index contributed by atoms with van der Waals surface area (Å²) >= 11 is 0. The highest BCUT2D eigenvalue weighted by Gasteiger charge is 2.25. The average molecular weight is 196 g/mol. The SMILES string of the molecule is CC1CCCCC1OCC(C)(N)C#N. The molecule has 0 bridgehead atoms. The predicted octanol–water partition coefficient (Wildman–Crippen LogP) is 1.82. The van der Waals surface area contributed by atoms with Gasteiger partial charge in [0.15, 0.2) is 0 Å². The summed E-state index contributed by atoms with van der Waals surface area (Å²) < 4.78 is 5.70. The van der Waals surface area contributed by atoms with Gasteiger partial charge in [0.2, 0.25) is 0 Å². The summed E-state index contributed by atoms with van der Waals surface area (Å²) in [5, 5.41) is 8.73. The fourth-order valence-electron chi connectivity index (χ4n) is 1.84. The standard InChI is InChI=1S/C11H20N2O/c1-9-5-3-4-6-10(9)14-8-11(2,13)7-12/h9-10H,3-6,8,13H2,1-2H3. The van der Waals surface area contributed by atoms with Crippen LogP contribution in [0.5, 0.6) is 0 Å². The van der Waals surface area contributed by atoms with Crippen LogP contribution in [0.4, 0.5) is 0 Å². The molecule has 1 saturated carbocycles. The molecule has 0 spiro atoms. The highest BCUT2D eigenvalue weighted by atomic mass is 16.5. The molecule has 0 heterocycles. The zero-order valence-corrected chi connectivity index (χ0v) is 9.12. The molecule has 3 heteroatoms. The lowest BCUT2D eigenvalue weighted by molar-refractivity contribution is -0.0175. The molecule has 1 aliphatic carbocycles. The highest BCUT2D eigenvalue weighted by molar-refractivity contribution is 5.01. The molecule has 0 aromatic heterocycles. The van der Waals surface area contributed by atoms with Crippen LogP contribution in [-0.2, 0) is 4.74 Å². The quantitative estimate of drug-likeness (QED) is 0.749. The van der Waals surface area contributed by atoms with E-state index in [1.54, 1.807) is 6.92 Å². The Kier molecular flexibility index (Phi) is 3.91. The maximum absolute atomic E-state index is 8.73. The van der Waals surface area contributed by atoms with Crippen LogP contribution in [0, 0.1) is 17.2 Å². The van der Waals surface area contributed by atoms with Gasteiger partial charge in [0, 0.05) is 0 Å². The van der Waals surface area contributed by atoms with E-state index in [2.05, 4.69) is 6.92 Å². The minimum Gasteiger partial charge on any atom is -0.375 e. The minimum atomic E-state index is -0.836. The van der Waals surface area contributed by atoms with Gasteiger partial charge < -0.3 is 10.5 Å². The normalized spacial score (nSPS) is 31.9. The summed E-state index contributed by atoms with van der Waals surface area (Å²) in [5.41, 5.74) is 4.86. The maximum Gasteiger partial charge on any atom is 0.125 e. The topological polar surface area (TPSA) is 59.0 Å². The third kappa shape index (κ3) is 3.28. The number of nitrogens with zero attached hydrogens (tertiary/aromatic N) is 1. The zero-order valence-electron chi connectivity index (χ0n) is 9.12. The fourth-order valence-corrected chi connectivity index (χ4v) is 1.84. The molecule has 80 valence electrons. The Morgan fingerprint density at radius 3 is 2.71 bits per heavy atom. The molecular formula is C11H20N2O. The molecule has 3 nitrogen and oxygen atoms in total. The molecule has 1 fully saturated rings. The molecule has 1 rings (SSSR count). The molecule has 0 aliphatic heterocycles. The Balaban J connectivity index is 2.33. The lowest BCUT2D eigenvalue weighted by atomic mass is 9.88. The van der Waals surface area contributed by atoms with Crippen LogP contribution in [0.2, 0.25) is 0 Å². The van der Waals surface area contributed by atoms with Crippen LogP contribution >= 0.6 is 0 Å². The summed E-state index contributed by atoms with van der Waals surface area (Å²) in [6, 6.07) is 2.05. The summed E-state index contributed by atoms with van der Waals surface area (Å²) in [5.74, 6) is 0.609. The van der Waals surface area contributed by atoms with Crippen molar-refractivity contribution in [1.82, 2.24) is 0 Å². The van der Waals surface area contributed by atoms with Gasteiger partial charge in [0.1, 0.15) is 5.54 Å². The fraction of sp³-hybridized carbons (Fsp3) is 0.909. The van der Waals surface area contributed by atoms with Gasteiger partial charge in [-0.2, -0.15) is 5.26 Å². The molecule has 14 heavy (non-hydrogen) atoms. The van der Waals surface area contributed by atoms with E-state index in [1.807, 2.05) is 6.07 Å².